The van der Waals surface area contributed by atoms with Crippen LogP contribution in [-0.4, -0.2) is 53.8 Å². The van der Waals surface area contributed by atoms with Crippen LogP contribution >= 0.6 is 11.6 Å². The highest BCUT2D eigenvalue weighted by Crippen LogP contribution is 2.32. The summed E-state index contributed by atoms with van der Waals surface area (Å²) >= 11 is 6.35. The molecule has 1 aromatic heterocycles. The monoisotopic (exact) mass is 485 g/mol. The molecule has 1 atom stereocenters. The third-order valence-corrected chi connectivity index (χ3v) is 5.40. The normalized spacial score (nSPS) is 13.7. The van der Waals surface area contributed by atoms with Crippen LogP contribution in [0.1, 0.15) is 47.4 Å². The summed E-state index contributed by atoms with van der Waals surface area (Å²) in [7, 11) is 1.69. The lowest BCUT2D eigenvalue weighted by atomic mass is 10.1. The number of amides is 2. The minimum absolute atomic E-state index is 0.0813. The van der Waals surface area contributed by atoms with Crippen molar-refractivity contribution >= 4 is 29.3 Å². The third kappa shape index (κ3) is 6.48. The zero-order valence-electron chi connectivity index (χ0n) is 19.4. The van der Waals surface area contributed by atoms with E-state index in [9.17, 15) is 9.59 Å². The van der Waals surface area contributed by atoms with Crippen LogP contribution in [-0.2, 0) is 0 Å². The van der Waals surface area contributed by atoms with Crippen LogP contribution in [0.3, 0.4) is 0 Å². The maximum absolute atomic E-state index is 12.7. The van der Waals surface area contributed by atoms with Crippen molar-refractivity contribution in [3.05, 3.63) is 58.9 Å². The Kier molecular flexibility index (Phi) is 8.48. The molecular formula is C24H28ClN5O4. The Morgan fingerprint density at radius 2 is 1.97 bits per heavy atom. The Morgan fingerprint density at radius 1 is 1.24 bits per heavy atom. The summed E-state index contributed by atoms with van der Waals surface area (Å²) in [6.45, 7) is 5.36. The molecule has 1 aromatic carbocycles. The predicted octanol–water partition coefficient (Wildman–Crippen LogP) is 3.99. The van der Waals surface area contributed by atoms with E-state index in [2.05, 4.69) is 15.6 Å². The highest BCUT2D eigenvalue weighted by molar-refractivity contribution is 6.32. The molecule has 0 radical (unpaired) electrons. The zero-order chi connectivity index (χ0) is 24.7. The second kappa shape index (κ2) is 11.5. The number of carbonyl (C=O) groups excluding carboxylic acids is 2. The van der Waals surface area contributed by atoms with E-state index >= 15 is 0 Å². The van der Waals surface area contributed by atoms with Gasteiger partial charge in [-0.05, 0) is 50.2 Å². The first-order valence-corrected chi connectivity index (χ1v) is 11.4. The van der Waals surface area contributed by atoms with Gasteiger partial charge in [-0.2, -0.15) is 0 Å². The van der Waals surface area contributed by atoms with E-state index in [-0.39, 0.29) is 40.1 Å². The Labute approximate surface area is 203 Å². The second-order valence-electron chi connectivity index (χ2n) is 7.78. The van der Waals surface area contributed by atoms with Gasteiger partial charge in [-0.25, -0.2) is 4.98 Å². The summed E-state index contributed by atoms with van der Waals surface area (Å²) < 4.78 is 11.7. The quantitative estimate of drug-likeness (QED) is 0.365. The number of pyridine rings is 1. The number of likely N-dealkylation sites (tertiary alicyclic amines) is 1. The summed E-state index contributed by atoms with van der Waals surface area (Å²) in [5.74, 6) is 0.0971. The van der Waals surface area contributed by atoms with E-state index in [1.807, 2.05) is 13.8 Å². The van der Waals surface area contributed by atoms with Gasteiger partial charge in [-0.1, -0.05) is 18.5 Å². The standard InChI is InChI=1S/C24H28ClN5O4/c1-4-15(2)33-18-10-16(22(31)29-21(26)6-7-27-3)11-19(13-18)34-23-20(25)12-17(14-28-23)24(32)30-8-5-9-30/h6-7,10-15,27H,4-5,8-9H2,1-3H3,(H2,26,29,31)/b7-6-/t15-/m0/s1. The lowest BCUT2D eigenvalue weighted by molar-refractivity contribution is 0.0651. The van der Waals surface area contributed by atoms with Gasteiger partial charge in [0.1, 0.15) is 22.4 Å². The number of nitrogens with zero attached hydrogens (tertiary/aromatic N) is 2. The molecule has 1 aliphatic heterocycles. The Morgan fingerprint density at radius 3 is 2.59 bits per heavy atom. The van der Waals surface area contributed by atoms with Gasteiger partial charge in [0.05, 0.1) is 11.7 Å². The fourth-order valence-electron chi connectivity index (χ4n) is 2.98. The molecule has 180 valence electrons. The van der Waals surface area contributed by atoms with E-state index < -0.39 is 5.91 Å². The zero-order valence-corrected chi connectivity index (χ0v) is 20.1. The number of hydrogen-bond donors (Lipinski definition) is 3. The number of nitrogens with one attached hydrogen (secondary N) is 3. The van der Waals surface area contributed by atoms with E-state index in [1.165, 1.54) is 30.6 Å². The van der Waals surface area contributed by atoms with Crippen LogP contribution in [0.5, 0.6) is 17.4 Å². The smallest absolute Gasteiger partial charge is 0.257 e. The molecular weight excluding hydrogens is 458 g/mol. The molecule has 3 rings (SSSR count). The molecule has 1 saturated heterocycles. The van der Waals surface area contributed by atoms with Crippen LogP contribution in [0.25, 0.3) is 0 Å². The van der Waals surface area contributed by atoms with Gasteiger partial charge in [0, 0.05) is 38.0 Å². The molecule has 0 unspecified atom stereocenters. The molecule has 2 aromatic rings. The number of carbonyl (C=O) groups is 2. The molecule has 1 fully saturated rings. The molecule has 3 N–H and O–H groups in total. The molecule has 34 heavy (non-hydrogen) atoms. The maximum atomic E-state index is 12.7. The lowest BCUT2D eigenvalue weighted by Gasteiger charge is -2.30. The molecule has 2 heterocycles. The third-order valence-electron chi connectivity index (χ3n) is 5.13. The summed E-state index contributed by atoms with van der Waals surface area (Å²) in [4.78, 5) is 31.0. The highest BCUT2D eigenvalue weighted by atomic mass is 35.5. The number of hydrogen-bond acceptors (Lipinski definition) is 7. The average molecular weight is 486 g/mol. The van der Waals surface area contributed by atoms with Crippen LogP contribution in [0.2, 0.25) is 5.02 Å². The molecule has 9 nitrogen and oxygen atoms in total. The van der Waals surface area contributed by atoms with Gasteiger partial charge >= 0.3 is 0 Å². The van der Waals surface area contributed by atoms with E-state index in [0.29, 0.717) is 11.3 Å². The SMILES string of the molecule is CC[C@H](C)Oc1cc(Oc2ncc(C(=O)N3CCC3)cc2Cl)cc(C(=O)NC(=N)/C=C\NC)c1. The number of ether oxygens (including phenoxy) is 2. The molecule has 1 aliphatic rings. The molecule has 0 saturated carbocycles. The molecule has 0 spiro atoms. The molecule has 2 amide bonds. The Bertz CT molecular complexity index is 1100. The van der Waals surface area contributed by atoms with Crippen molar-refractivity contribution in [2.75, 3.05) is 20.1 Å². The lowest BCUT2D eigenvalue weighted by Crippen LogP contribution is -2.42. The second-order valence-corrected chi connectivity index (χ2v) is 8.19. The van der Waals surface area contributed by atoms with Crippen molar-refractivity contribution in [3.63, 3.8) is 0 Å². The van der Waals surface area contributed by atoms with Crippen LogP contribution in [0, 0.1) is 5.41 Å². The topological polar surface area (TPSA) is 117 Å². The number of rotatable bonds is 9. The average Bonchev–Trinajstić information content (AvgIpc) is 2.77. The molecule has 0 aliphatic carbocycles. The van der Waals surface area contributed by atoms with E-state index in [1.54, 1.807) is 24.1 Å². The molecule has 10 heteroatoms. The minimum atomic E-state index is -0.500. The number of aromatic nitrogens is 1. The minimum Gasteiger partial charge on any atom is -0.491 e. The van der Waals surface area contributed by atoms with Gasteiger partial charge in [-0.3, -0.25) is 15.0 Å². The fourth-order valence-corrected chi connectivity index (χ4v) is 3.18. The van der Waals surface area contributed by atoms with Crippen molar-refractivity contribution in [3.8, 4) is 17.4 Å². The van der Waals surface area contributed by atoms with Gasteiger partial charge in [0.2, 0.25) is 5.88 Å². The van der Waals surface area contributed by atoms with Crippen LogP contribution in [0.4, 0.5) is 0 Å². The molecule has 0 bridgehead atoms. The summed E-state index contributed by atoms with van der Waals surface area (Å²) in [5.41, 5.74) is 0.623. The number of halogens is 1. The first kappa shape index (κ1) is 25.0. The number of amidine groups is 1. The highest BCUT2D eigenvalue weighted by Gasteiger charge is 2.23. The van der Waals surface area contributed by atoms with Gasteiger partial charge in [-0.15, -0.1) is 0 Å². The largest absolute Gasteiger partial charge is 0.491 e. The van der Waals surface area contributed by atoms with Gasteiger partial charge in [0.15, 0.2) is 0 Å². The first-order valence-electron chi connectivity index (χ1n) is 11.0. The summed E-state index contributed by atoms with van der Waals surface area (Å²) in [5, 5.41) is 13.3. The Balaban J connectivity index is 1.84. The fraction of sp³-hybridized carbons (Fsp3) is 0.333. The van der Waals surface area contributed by atoms with Crippen molar-refractivity contribution < 1.29 is 19.1 Å². The van der Waals surface area contributed by atoms with Crippen molar-refractivity contribution in [1.29, 1.82) is 5.41 Å². The number of benzene rings is 1. The van der Waals surface area contributed by atoms with E-state index in [0.717, 1.165) is 25.9 Å². The first-order chi connectivity index (χ1) is 16.3. The maximum Gasteiger partial charge on any atom is 0.257 e. The van der Waals surface area contributed by atoms with Gasteiger partial charge in [0.25, 0.3) is 11.8 Å². The predicted molar refractivity (Wildman–Crippen MR) is 130 cm³/mol. The Hall–Kier alpha value is -3.59. The summed E-state index contributed by atoms with van der Waals surface area (Å²) in [6.07, 6.45) is 6.04. The van der Waals surface area contributed by atoms with E-state index in [4.69, 9.17) is 26.5 Å². The van der Waals surface area contributed by atoms with Crippen molar-refractivity contribution in [2.24, 2.45) is 0 Å². The van der Waals surface area contributed by atoms with Crippen molar-refractivity contribution in [1.82, 2.24) is 20.5 Å². The van der Waals surface area contributed by atoms with Gasteiger partial charge < -0.3 is 25.0 Å². The van der Waals surface area contributed by atoms with Crippen molar-refractivity contribution in [2.45, 2.75) is 32.8 Å². The van der Waals surface area contributed by atoms with Crippen LogP contribution < -0.4 is 20.1 Å². The summed E-state index contributed by atoms with van der Waals surface area (Å²) in [6, 6.07) is 6.23. The van der Waals surface area contributed by atoms with Crippen LogP contribution in [0.15, 0.2) is 42.7 Å².